The van der Waals surface area contributed by atoms with Gasteiger partial charge in [-0.1, -0.05) is 20.8 Å². The maximum absolute atomic E-state index is 13.8. The Morgan fingerprint density at radius 3 is 2.51 bits per heavy atom. The van der Waals surface area contributed by atoms with Crippen molar-refractivity contribution in [3.63, 3.8) is 0 Å². The molecule has 4 fully saturated rings. The predicted molar refractivity (Wildman–Crippen MR) is 125 cm³/mol. The van der Waals surface area contributed by atoms with Crippen molar-refractivity contribution in [3.8, 4) is 0 Å². The van der Waals surface area contributed by atoms with E-state index in [2.05, 4.69) is 6.92 Å². The maximum atomic E-state index is 13.8. The number of ether oxygens (including phenoxy) is 1. The van der Waals surface area contributed by atoms with Gasteiger partial charge >= 0.3 is 5.97 Å². The lowest BCUT2D eigenvalue weighted by atomic mass is 9.44. The summed E-state index contributed by atoms with van der Waals surface area (Å²) in [5.41, 5.74) is -0.751. The van der Waals surface area contributed by atoms with E-state index in [-0.39, 0.29) is 64.7 Å². The first-order valence-corrected chi connectivity index (χ1v) is 14.5. The quantitative estimate of drug-likeness (QED) is 0.377. The van der Waals surface area contributed by atoms with Crippen molar-refractivity contribution in [3.05, 3.63) is 0 Å². The molecular formula is C26H37O8S-. The van der Waals surface area contributed by atoms with E-state index in [9.17, 15) is 32.1 Å². The first-order chi connectivity index (χ1) is 16.3. The Hall–Kier alpha value is -1.61. The van der Waals surface area contributed by atoms with E-state index in [0.717, 1.165) is 19.3 Å². The second-order valence-corrected chi connectivity index (χ2v) is 13.5. The van der Waals surface area contributed by atoms with E-state index in [1.165, 1.54) is 0 Å². The number of hydrogen-bond donors (Lipinski definition) is 0. The molecule has 9 heteroatoms. The zero-order valence-electron chi connectivity index (χ0n) is 20.9. The highest BCUT2D eigenvalue weighted by molar-refractivity contribution is 7.85. The third-order valence-electron chi connectivity index (χ3n) is 10.3. The molecule has 0 aliphatic heterocycles. The minimum atomic E-state index is -4.43. The molecule has 8 atom stereocenters. The summed E-state index contributed by atoms with van der Waals surface area (Å²) in [6, 6.07) is 0. The lowest BCUT2D eigenvalue weighted by Gasteiger charge is -2.58. The van der Waals surface area contributed by atoms with Gasteiger partial charge in [0.1, 0.15) is 24.0 Å². The molecule has 0 bridgehead atoms. The van der Waals surface area contributed by atoms with E-state index in [0.29, 0.717) is 32.1 Å². The average Bonchev–Trinajstić information content (AvgIpc) is 3.12. The number of ketones is 3. The van der Waals surface area contributed by atoms with Crippen molar-refractivity contribution in [2.24, 2.45) is 46.3 Å². The Balaban J connectivity index is 1.45. The molecule has 0 radical (unpaired) electrons. The van der Waals surface area contributed by atoms with Crippen LogP contribution in [0.1, 0.15) is 78.6 Å². The predicted octanol–water partition coefficient (Wildman–Crippen LogP) is 3.08. The third-order valence-corrected chi connectivity index (χ3v) is 11.0. The summed E-state index contributed by atoms with van der Waals surface area (Å²) in [5, 5.41) is 0. The van der Waals surface area contributed by atoms with Crippen molar-refractivity contribution in [1.82, 2.24) is 0 Å². The van der Waals surface area contributed by atoms with Crippen molar-refractivity contribution in [1.29, 1.82) is 0 Å². The zero-order chi connectivity index (χ0) is 25.8. The van der Waals surface area contributed by atoms with Crippen LogP contribution in [0, 0.1) is 46.3 Å². The van der Waals surface area contributed by atoms with Gasteiger partial charge in [0, 0.05) is 43.4 Å². The number of fused-ring (bicyclic) bond motifs is 5. The van der Waals surface area contributed by atoms with E-state index < -0.39 is 33.9 Å². The highest BCUT2D eigenvalue weighted by atomic mass is 32.2. The fourth-order valence-electron chi connectivity index (χ4n) is 8.27. The number of carbonyl (C=O) groups excluding carboxylic acids is 4. The molecule has 8 nitrogen and oxygen atoms in total. The van der Waals surface area contributed by atoms with Crippen molar-refractivity contribution < 1.29 is 36.9 Å². The number of esters is 1. The van der Waals surface area contributed by atoms with Crippen molar-refractivity contribution >= 4 is 33.4 Å². The van der Waals surface area contributed by atoms with Gasteiger partial charge in [-0.25, -0.2) is 8.42 Å². The Morgan fingerprint density at radius 1 is 1.11 bits per heavy atom. The number of Topliss-reactive ketones (excluding diaryl/α,β-unsaturated/α-hetero) is 3. The van der Waals surface area contributed by atoms with E-state index in [1.54, 1.807) is 0 Å². The SMILES string of the molecule is C[C@H](CCC(=O)OCCS(=O)(=O)[O-])[C@H]1CC[C@H]2[C@@H]3C(=O)C[C@@H]4CC(=O)CC[C@]4(C)[C@H]3CC(=O)[C@]12C. The molecule has 4 saturated carbocycles. The van der Waals surface area contributed by atoms with E-state index >= 15 is 0 Å². The number of hydrogen-bond acceptors (Lipinski definition) is 8. The van der Waals surface area contributed by atoms with Crippen LogP contribution in [0.5, 0.6) is 0 Å². The standard InChI is InChI=1S/C26H38O8S/c1-15(4-7-23(30)34-10-11-35(31,32)33)18-5-6-19-24-20(14-22(29)26(18,19)3)25(2)9-8-17(27)12-16(25)13-21(24)28/h15-16,18-20,24H,4-14H2,1-3H3,(H,31,32,33)/p-1/t15-,16+,18-,19+,20+,24+,25+,26-/m1/s1. The van der Waals surface area contributed by atoms with Gasteiger partial charge < -0.3 is 9.29 Å². The molecule has 0 amide bonds. The molecule has 0 heterocycles. The third kappa shape index (κ3) is 4.75. The van der Waals surface area contributed by atoms with Crippen LogP contribution in [0.3, 0.4) is 0 Å². The normalized spacial score (nSPS) is 40.0. The fraction of sp³-hybridized carbons (Fsp3) is 0.846. The van der Waals surface area contributed by atoms with Crippen molar-refractivity contribution in [2.75, 3.05) is 12.4 Å². The van der Waals surface area contributed by atoms with Gasteiger partial charge in [-0.15, -0.1) is 0 Å². The Morgan fingerprint density at radius 2 is 1.83 bits per heavy atom. The van der Waals surface area contributed by atoms with Gasteiger partial charge in [0.2, 0.25) is 0 Å². The summed E-state index contributed by atoms with van der Waals surface area (Å²) in [5.74, 6) is -0.594. The molecule has 0 saturated heterocycles. The minimum absolute atomic E-state index is 0.00156. The van der Waals surface area contributed by atoms with Gasteiger partial charge in [0.15, 0.2) is 0 Å². The van der Waals surface area contributed by atoms with Crippen LogP contribution in [0.2, 0.25) is 0 Å². The van der Waals surface area contributed by atoms with Crippen LogP contribution in [0.4, 0.5) is 0 Å². The maximum Gasteiger partial charge on any atom is 0.305 e. The highest BCUT2D eigenvalue weighted by Crippen LogP contribution is 2.66. The first kappa shape index (κ1) is 26.5. The Labute approximate surface area is 207 Å². The van der Waals surface area contributed by atoms with Crippen LogP contribution in [0.15, 0.2) is 0 Å². The molecule has 4 aliphatic carbocycles. The van der Waals surface area contributed by atoms with Gasteiger partial charge in [0.05, 0.1) is 15.9 Å². The summed E-state index contributed by atoms with van der Waals surface area (Å²) < 4.78 is 36.9. The van der Waals surface area contributed by atoms with Gasteiger partial charge in [-0.3, -0.25) is 19.2 Å². The summed E-state index contributed by atoms with van der Waals surface area (Å²) in [4.78, 5) is 51.4. The molecule has 0 unspecified atom stereocenters. The van der Waals surface area contributed by atoms with Crippen LogP contribution in [0.25, 0.3) is 0 Å². The lowest BCUT2D eigenvalue weighted by Crippen LogP contribution is -2.60. The van der Waals surface area contributed by atoms with Crippen molar-refractivity contribution in [2.45, 2.75) is 78.6 Å². The van der Waals surface area contributed by atoms with Gasteiger partial charge in [0.25, 0.3) is 0 Å². The summed E-state index contributed by atoms with van der Waals surface area (Å²) in [6.07, 6.45) is 4.81. The molecule has 4 aliphatic rings. The molecule has 0 aromatic carbocycles. The molecule has 35 heavy (non-hydrogen) atoms. The van der Waals surface area contributed by atoms with E-state index in [1.807, 2.05) is 13.8 Å². The Kier molecular flexibility index (Phi) is 7.07. The lowest BCUT2D eigenvalue weighted by molar-refractivity contribution is -0.166. The van der Waals surface area contributed by atoms with Crippen LogP contribution in [-0.4, -0.2) is 48.6 Å². The zero-order valence-corrected chi connectivity index (χ0v) is 21.7. The average molecular weight is 510 g/mol. The molecule has 196 valence electrons. The largest absolute Gasteiger partial charge is 0.748 e. The summed E-state index contributed by atoms with van der Waals surface area (Å²) in [6.45, 7) is 5.80. The van der Waals surface area contributed by atoms with Gasteiger partial charge in [-0.2, -0.15) is 0 Å². The van der Waals surface area contributed by atoms with Crippen LogP contribution >= 0.6 is 0 Å². The molecule has 4 rings (SSSR count). The molecule has 0 N–H and O–H groups in total. The molecule has 0 spiro atoms. The van der Waals surface area contributed by atoms with E-state index in [4.69, 9.17) is 4.74 Å². The van der Waals surface area contributed by atoms with Crippen LogP contribution in [-0.2, 0) is 34.0 Å². The molecule has 0 aromatic rings. The second kappa shape index (κ2) is 9.36. The minimum Gasteiger partial charge on any atom is -0.748 e. The van der Waals surface area contributed by atoms with Crippen LogP contribution < -0.4 is 0 Å². The highest BCUT2D eigenvalue weighted by Gasteiger charge is 2.66. The first-order valence-electron chi connectivity index (χ1n) is 12.9. The topological polar surface area (TPSA) is 135 Å². The smallest absolute Gasteiger partial charge is 0.305 e. The summed E-state index contributed by atoms with van der Waals surface area (Å²) in [7, 11) is -4.43. The monoisotopic (exact) mass is 509 g/mol. The fourth-order valence-corrected chi connectivity index (χ4v) is 8.55. The second-order valence-electron chi connectivity index (χ2n) is 11.9. The molecule has 0 aromatic heterocycles. The van der Waals surface area contributed by atoms with Gasteiger partial charge in [-0.05, 0) is 60.7 Å². The summed E-state index contributed by atoms with van der Waals surface area (Å²) >= 11 is 0. The molecular weight excluding hydrogens is 472 g/mol. The number of carbonyl (C=O) groups is 4. The number of rotatable bonds is 7. The Bertz CT molecular complexity index is 1020.